The van der Waals surface area contributed by atoms with Gasteiger partial charge >= 0.3 is 0 Å². The summed E-state index contributed by atoms with van der Waals surface area (Å²) in [7, 11) is 0. The Morgan fingerprint density at radius 3 is 1.16 bits per heavy atom. The standard InChI is InChI=1S/C25H27N3.3ClH.V/c1-16-10-7-11-17(2)24(16)26-20(5)22-14-9-15-23(28-22)21(6)27-25-18(3)12-8-13-19(25)4;;;;/h7-15H,1-6H3;3*1H;/p-3. The van der Waals surface area contributed by atoms with Crippen molar-refractivity contribution in [3.05, 3.63) is 88.2 Å². The summed E-state index contributed by atoms with van der Waals surface area (Å²) in [6, 6.07) is 18.5. The SMILES string of the molecule is CC(=Nc1c(C)cccc1C)c1cccc(C(C)=Nc2c(C)cccc2C)n1.[Cl-].[Cl-].[Cl-].[V]. The molecule has 0 unspecified atom stereocenters. The quantitative estimate of drug-likeness (QED) is 0.350. The van der Waals surface area contributed by atoms with Gasteiger partial charge in [0.15, 0.2) is 0 Å². The van der Waals surface area contributed by atoms with E-state index in [9.17, 15) is 0 Å². The number of para-hydroxylation sites is 2. The number of benzene rings is 2. The Morgan fingerprint density at radius 2 is 0.844 bits per heavy atom. The van der Waals surface area contributed by atoms with E-state index < -0.39 is 0 Å². The summed E-state index contributed by atoms with van der Waals surface area (Å²) in [6.45, 7) is 12.4. The molecule has 0 aliphatic heterocycles. The zero-order valence-electron chi connectivity index (χ0n) is 19.1. The first kappa shape index (κ1) is 32.6. The molecular weight excluding hydrogens is 500 g/mol. The first-order valence-electron chi connectivity index (χ1n) is 9.57. The van der Waals surface area contributed by atoms with Gasteiger partial charge in [0.05, 0.1) is 34.2 Å². The molecule has 3 aromatic rings. The second kappa shape index (κ2) is 14.5. The summed E-state index contributed by atoms with van der Waals surface area (Å²) >= 11 is 0. The van der Waals surface area contributed by atoms with Crippen molar-refractivity contribution in [2.45, 2.75) is 41.5 Å². The van der Waals surface area contributed by atoms with Crippen LogP contribution in [0.25, 0.3) is 0 Å². The maximum absolute atomic E-state index is 4.86. The number of rotatable bonds is 4. The van der Waals surface area contributed by atoms with Gasteiger partial charge in [-0.3, -0.25) is 9.98 Å². The summed E-state index contributed by atoms with van der Waals surface area (Å²) in [5.41, 5.74) is 10.3. The normalized spacial score (nSPS) is 10.8. The van der Waals surface area contributed by atoms with Gasteiger partial charge in [0.2, 0.25) is 0 Å². The second-order valence-electron chi connectivity index (χ2n) is 7.28. The van der Waals surface area contributed by atoms with Crippen LogP contribution >= 0.6 is 0 Å². The van der Waals surface area contributed by atoms with Crippen LogP contribution in [0.3, 0.4) is 0 Å². The van der Waals surface area contributed by atoms with Crippen LogP contribution in [-0.4, -0.2) is 16.4 Å². The summed E-state index contributed by atoms with van der Waals surface area (Å²) in [6.07, 6.45) is 0. The summed E-state index contributed by atoms with van der Waals surface area (Å²) in [4.78, 5) is 14.5. The van der Waals surface area contributed by atoms with Crippen molar-refractivity contribution in [3.8, 4) is 0 Å². The molecule has 3 rings (SSSR count). The molecule has 1 radical (unpaired) electrons. The van der Waals surface area contributed by atoms with Gasteiger partial charge in [0.25, 0.3) is 0 Å². The number of halogens is 3. The van der Waals surface area contributed by atoms with E-state index in [4.69, 9.17) is 15.0 Å². The van der Waals surface area contributed by atoms with Crippen molar-refractivity contribution < 1.29 is 55.8 Å². The Labute approximate surface area is 222 Å². The van der Waals surface area contributed by atoms with Crippen molar-refractivity contribution in [3.63, 3.8) is 0 Å². The molecule has 7 heteroatoms. The minimum atomic E-state index is 0. The van der Waals surface area contributed by atoms with Crippen molar-refractivity contribution in [2.75, 3.05) is 0 Å². The number of pyridine rings is 1. The summed E-state index contributed by atoms with van der Waals surface area (Å²) in [5, 5.41) is 0. The van der Waals surface area contributed by atoms with E-state index in [0.29, 0.717) is 0 Å². The number of hydrogen-bond acceptors (Lipinski definition) is 3. The van der Waals surface area contributed by atoms with Crippen molar-refractivity contribution in [2.24, 2.45) is 9.98 Å². The molecule has 0 amide bonds. The molecule has 32 heavy (non-hydrogen) atoms. The van der Waals surface area contributed by atoms with E-state index in [-0.39, 0.29) is 55.8 Å². The largest absolute Gasteiger partial charge is 1.00 e. The molecule has 3 nitrogen and oxygen atoms in total. The topological polar surface area (TPSA) is 37.6 Å². The smallest absolute Gasteiger partial charge is 0.0849 e. The van der Waals surface area contributed by atoms with Crippen LogP contribution in [0, 0.1) is 27.7 Å². The van der Waals surface area contributed by atoms with Gasteiger partial charge in [0.1, 0.15) is 0 Å². The van der Waals surface area contributed by atoms with Gasteiger partial charge in [0, 0.05) is 18.6 Å². The Bertz CT molecular complexity index is 972. The van der Waals surface area contributed by atoms with Crippen LogP contribution in [0.5, 0.6) is 0 Å². The average molecular weight is 527 g/mol. The van der Waals surface area contributed by atoms with Crippen LogP contribution in [0.15, 0.2) is 64.6 Å². The first-order chi connectivity index (χ1) is 13.4. The predicted octanol–water partition coefficient (Wildman–Crippen LogP) is -2.39. The molecule has 2 aromatic carbocycles. The summed E-state index contributed by atoms with van der Waals surface area (Å²) in [5.74, 6) is 0. The molecule has 0 bridgehead atoms. The third kappa shape index (κ3) is 7.76. The molecule has 0 fully saturated rings. The maximum atomic E-state index is 4.86. The first-order valence-corrected chi connectivity index (χ1v) is 9.57. The van der Waals surface area contributed by atoms with Crippen molar-refractivity contribution in [1.29, 1.82) is 0 Å². The van der Waals surface area contributed by atoms with Crippen LogP contribution in [-0.2, 0) is 18.6 Å². The zero-order valence-corrected chi connectivity index (χ0v) is 22.8. The van der Waals surface area contributed by atoms with E-state index in [2.05, 4.69) is 64.1 Å². The van der Waals surface area contributed by atoms with Gasteiger partial charge in [-0.2, -0.15) is 0 Å². The molecule has 0 aliphatic rings. The molecule has 171 valence electrons. The third-order valence-corrected chi connectivity index (χ3v) is 4.93. The molecule has 0 aliphatic carbocycles. The number of nitrogens with zero attached hydrogens (tertiary/aromatic N) is 3. The minimum absolute atomic E-state index is 0. The number of aromatic nitrogens is 1. The van der Waals surface area contributed by atoms with Gasteiger partial charge < -0.3 is 37.2 Å². The third-order valence-electron chi connectivity index (χ3n) is 4.93. The van der Waals surface area contributed by atoms with E-state index in [1.807, 2.05) is 32.0 Å². The molecule has 1 aromatic heterocycles. The molecule has 0 saturated carbocycles. The molecule has 0 spiro atoms. The predicted molar refractivity (Wildman–Crippen MR) is 120 cm³/mol. The fraction of sp³-hybridized carbons (Fsp3) is 0.240. The number of aryl methyl sites for hydroxylation is 4. The number of aliphatic imine (C=N–C) groups is 2. The molecule has 0 N–H and O–H groups in total. The van der Waals surface area contributed by atoms with Crippen molar-refractivity contribution >= 4 is 22.8 Å². The van der Waals surface area contributed by atoms with Crippen LogP contribution in [0.4, 0.5) is 11.4 Å². The van der Waals surface area contributed by atoms with Gasteiger partial charge in [-0.25, -0.2) is 4.98 Å². The van der Waals surface area contributed by atoms with Crippen LogP contribution < -0.4 is 37.2 Å². The van der Waals surface area contributed by atoms with Gasteiger partial charge in [-0.15, -0.1) is 0 Å². The second-order valence-corrected chi connectivity index (χ2v) is 7.28. The fourth-order valence-electron chi connectivity index (χ4n) is 3.25. The van der Waals surface area contributed by atoms with Crippen molar-refractivity contribution in [1.82, 2.24) is 4.98 Å². The fourth-order valence-corrected chi connectivity index (χ4v) is 3.25. The van der Waals surface area contributed by atoms with Crippen LogP contribution in [0.2, 0.25) is 0 Å². The van der Waals surface area contributed by atoms with E-state index >= 15 is 0 Å². The Kier molecular flexibility index (Phi) is 14.8. The van der Waals surface area contributed by atoms with E-state index in [1.165, 1.54) is 22.3 Å². The van der Waals surface area contributed by atoms with E-state index in [1.54, 1.807) is 0 Å². The maximum Gasteiger partial charge on any atom is 0.0849 e. The minimum Gasteiger partial charge on any atom is -1.00 e. The Morgan fingerprint density at radius 1 is 0.562 bits per heavy atom. The molecule has 0 atom stereocenters. The Balaban J connectivity index is 0. The van der Waals surface area contributed by atoms with Crippen LogP contribution in [0.1, 0.15) is 47.5 Å². The monoisotopic (exact) mass is 525 g/mol. The summed E-state index contributed by atoms with van der Waals surface area (Å²) < 4.78 is 0. The molecular formula is C25H27Cl3N3V-3. The van der Waals surface area contributed by atoms with E-state index in [0.717, 1.165) is 34.2 Å². The molecule has 1 heterocycles. The zero-order chi connectivity index (χ0) is 20.3. The van der Waals surface area contributed by atoms with Gasteiger partial charge in [-0.1, -0.05) is 42.5 Å². The average Bonchev–Trinajstić information content (AvgIpc) is 2.67. The Hall–Kier alpha value is -1.62. The molecule has 0 saturated heterocycles. The van der Waals surface area contributed by atoms with Gasteiger partial charge in [-0.05, 0) is 75.9 Å². The number of hydrogen-bond donors (Lipinski definition) is 0.